The second-order valence-corrected chi connectivity index (χ2v) is 7.85. The van der Waals surface area contributed by atoms with E-state index in [2.05, 4.69) is 15.4 Å². The third kappa shape index (κ3) is 3.13. The fourth-order valence-corrected chi connectivity index (χ4v) is 4.42. The number of carbonyl (C=O) groups is 2. The molecule has 1 saturated heterocycles. The molecule has 0 saturated carbocycles. The van der Waals surface area contributed by atoms with Gasteiger partial charge >= 0.3 is 0 Å². The van der Waals surface area contributed by atoms with E-state index in [4.69, 9.17) is 4.52 Å². The van der Waals surface area contributed by atoms with Crippen LogP contribution in [-0.2, 0) is 6.42 Å². The predicted octanol–water partition coefficient (Wildman–Crippen LogP) is 2.98. The van der Waals surface area contributed by atoms with Crippen LogP contribution in [0.2, 0.25) is 0 Å². The Morgan fingerprint density at radius 2 is 1.97 bits per heavy atom. The first-order chi connectivity index (χ1) is 14.5. The van der Waals surface area contributed by atoms with E-state index in [1.165, 1.54) is 12.1 Å². The second-order valence-electron chi connectivity index (χ2n) is 7.85. The number of halogens is 1. The second kappa shape index (κ2) is 7.21. The average Bonchev–Trinajstić information content (AvgIpc) is 3.28. The molecule has 2 N–H and O–H groups in total. The molecule has 7 nitrogen and oxygen atoms in total. The first-order valence-electron chi connectivity index (χ1n) is 9.99. The number of benzene rings is 2. The van der Waals surface area contributed by atoms with Crippen molar-refractivity contribution < 1.29 is 23.6 Å². The van der Waals surface area contributed by atoms with Crippen LogP contribution in [0.4, 0.5) is 4.39 Å². The van der Waals surface area contributed by atoms with Crippen LogP contribution in [-0.4, -0.2) is 46.6 Å². The molecule has 0 unspecified atom stereocenters. The molecule has 0 spiro atoms. The number of hydrogen-bond acceptors (Lipinski definition) is 6. The number of carbonyl (C=O) groups excluding carboxylic acids is 2. The summed E-state index contributed by atoms with van der Waals surface area (Å²) < 4.78 is 18.6. The van der Waals surface area contributed by atoms with E-state index in [0.717, 1.165) is 43.6 Å². The molecule has 2 aliphatic rings. The summed E-state index contributed by atoms with van der Waals surface area (Å²) >= 11 is 0. The van der Waals surface area contributed by atoms with Gasteiger partial charge in [-0.05, 0) is 56.1 Å². The van der Waals surface area contributed by atoms with Crippen LogP contribution in [0.3, 0.4) is 0 Å². The zero-order chi connectivity index (χ0) is 20.8. The third-order valence-electron chi connectivity index (χ3n) is 6.09. The molecular formula is C22H20FN3O4. The lowest BCUT2D eigenvalue weighted by Crippen LogP contribution is -2.34. The molecule has 30 heavy (non-hydrogen) atoms. The van der Waals surface area contributed by atoms with Crippen molar-refractivity contribution in [2.45, 2.75) is 25.2 Å². The predicted molar refractivity (Wildman–Crippen MR) is 106 cm³/mol. The third-order valence-corrected chi connectivity index (χ3v) is 6.09. The van der Waals surface area contributed by atoms with E-state index in [9.17, 15) is 19.1 Å². The normalized spacial score (nSPS) is 17.5. The fraction of sp³-hybridized carbons (Fsp3) is 0.318. The maximum Gasteiger partial charge on any atom is 0.262 e. The number of hydrogen-bond donors (Lipinski definition) is 2. The Morgan fingerprint density at radius 3 is 2.77 bits per heavy atom. The molecule has 0 bridgehead atoms. The van der Waals surface area contributed by atoms with Gasteiger partial charge in [0.2, 0.25) is 0 Å². The molecule has 1 fully saturated rings. The number of fused-ring (bicyclic) bond motifs is 2. The monoisotopic (exact) mass is 409 g/mol. The molecule has 0 radical (unpaired) electrons. The van der Waals surface area contributed by atoms with Gasteiger partial charge in [0.15, 0.2) is 5.58 Å². The maximum absolute atomic E-state index is 13.4. The number of phenolic OH excluding ortho intramolecular Hbond substituents is 1. The van der Waals surface area contributed by atoms with Gasteiger partial charge in [-0.2, -0.15) is 0 Å². The Hall–Kier alpha value is -3.26. The summed E-state index contributed by atoms with van der Waals surface area (Å²) in [4.78, 5) is 25.9. The van der Waals surface area contributed by atoms with E-state index < -0.39 is 11.8 Å². The van der Waals surface area contributed by atoms with Crippen molar-refractivity contribution in [2.75, 3.05) is 19.6 Å². The van der Waals surface area contributed by atoms with E-state index in [1.54, 1.807) is 18.2 Å². The van der Waals surface area contributed by atoms with Gasteiger partial charge in [0.1, 0.15) is 11.6 Å². The van der Waals surface area contributed by atoms with E-state index in [0.29, 0.717) is 17.6 Å². The Bertz CT molecular complexity index is 1160. The Morgan fingerprint density at radius 1 is 1.17 bits per heavy atom. The molecule has 1 aromatic heterocycles. The standard InChI is InChI=1S/C22H20FN3O4/c23-14-2-4-15-17(11-14)30-25-19(15)12-5-8-26(9-6-12)10-7-13-1-3-16-18(20(13)27)22(29)24-21(16)28/h1-4,11-12,27H,5-10H2,(H,24,28,29). The van der Waals surface area contributed by atoms with Crippen molar-refractivity contribution in [1.29, 1.82) is 0 Å². The highest BCUT2D eigenvalue weighted by Crippen LogP contribution is 2.33. The number of imide groups is 1. The van der Waals surface area contributed by atoms with Gasteiger partial charge in [-0.1, -0.05) is 11.2 Å². The van der Waals surface area contributed by atoms with Crippen LogP contribution in [0.15, 0.2) is 34.9 Å². The van der Waals surface area contributed by atoms with Crippen molar-refractivity contribution in [3.8, 4) is 5.75 Å². The number of likely N-dealkylation sites (tertiary alicyclic amines) is 1. The quantitative estimate of drug-likeness (QED) is 0.644. The molecular weight excluding hydrogens is 389 g/mol. The highest BCUT2D eigenvalue weighted by molar-refractivity contribution is 6.22. The highest BCUT2D eigenvalue weighted by Gasteiger charge is 2.31. The summed E-state index contributed by atoms with van der Waals surface area (Å²) in [6, 6.07) is 7.81. The Labute approximate surface area is 171 Å². The number of piperidine rings is 1. The summed E-state index contributed by atoms with van der Waals surface area (Å²) in [5.41, 5.74) is 2.32. The number of aromatic nitrogens is 1. The zero-order valence-electron chi connectivity index (χ0n) is 16.2. The molecule has 0 atom stereocenters. The van der Waals surface area contributed by atoms with E-state index in [-0.39, 0.29) is 28.6 Å². The minimum Gasteiger partial charge on any atom is -0.507 e. The number of phenols is 1. The van der Waals surface area contributed by atoms with Gasteiger partial charge in [0, 0.05) is 23.9 Å². The topological polar surface area (TPSA) is 95.7 Å². The van der Waals surface area contributed by atoms with Crippen molar-refractivity contribution in [3.63, 3.8) is 0 Å². The van der Waals surface area contributed by atoms with Crippen LogP contribution in [0.1, 0.15) is 50.7 Å². The van der Waals surface area contributed by atoms with Gasteiger partial charge in [-0.25, -0.2) is 4.39 Å². The SMILES string of the molecule is O=C1NC(=O)c2c1ccc(CCN1CCC(c3noc4cc(F)ccc34)CC1)c2O. The molecule has 2 amide bonds. The molecule has 3 aromatic rings. The van der Waals surface area contributed by atoms with Gasteiger partial charge in [-0.15, -0.1) is 0 Å². The molecule has 0 aliphatic carbocycles. The molecule has 2 aromatic carbocycles. The molecule has 5 rings (SSSR count). The summed E-state index contributed by atoms with van der Waals surface area (Å²) in [5.74, 6) is -1.20. The van der Waals surface area contributed by atoms with E-state index in [1.807, 2.05) is 0 Å². The van der Waals surface area contributed by atoms with Crippen molar-refractivity contribution in [1.82, 2.24) is 15.4 Å². The first kappa shape index (κ1) is 18.7. The number of amides is 2. The van der Waals surface area contributed by atoms with Crippen LogP contribution < -0.4 is 5.32 Å². The molecule has 154 valence electrons. The summed E-state index contributed by atoms with van der Waals surface area (Å²) in [5, 5.41) is 17.7. The lowest BCUT2D eigenvalue weighted by atomic mass is 9.91. The Kier molecular flexibility index (Phi) is 4.51. The minimum absolute atomic E-state index is 0.0746. The van der Waals surface area contributed by atoms with Gasteiger partial charge in [0.05, 0.1) is 16.8 Å². The number of aromatic hydroxyl groups is 1. The number of rotatable bonds is 4. The van der Waals surface area contributed by atoms with E-state index >= 15 is 0 Å². The van der Waals surface area contributed by atoms with Crippen LogP contribution >= 0.6 is 0 Å². The first-order valence-corrected chi connectivity index (χ1v) is 9.99. The number of nitrogens with zero attached hydrogens (tertiary/aromatic N) is 2. The summed E-state index contributed by atoms with van der Waals surface area (Å²) in [7, 11) is 0. The minimum atomic E-state index is -0.546. The van der Waals surface area contributed by atoms with Crippen molar-refractivity contribution in [2.24, 2.45) is 0 Å². The summed E-state index contributed by atoms with van der Waals surface area (Å²) in [6.07, 6.45) is 2.40. The average molecular weight is 409 g/mol. The zero-order valence-corrected chi connectivity index (χ0v) is 16.2. The van der Waals surface area contributed by atoms with Gasteiger partial charge < -0.3 is 14.5 Å². The smallest absolute Gasteiger partial charge is 0.262 e. The fourth-order valence-electron chi connectivity index (χ4n) is 4.42. The summed E-state index contributed by atoms with van der Waals surface area (Å²) in [6.45, 7) is 2.47. The lowest BCUT2D eigenvalue weighted by Gasteiger charge is -2.31. The number of nitrogens with one attached hydrogen (secondary N) is 1. The Balaban J connectivity index is 1.23. The maximum atomic E-state index is 13.4. The lowest BCUT2D eigenvalue weighted by molar-refractivity contribution is 0.0879. The van der Waals surface area contributed by atoms with Gasteiger partial charge in [-0.3, -0.25) is 14.9 Å². The molecule has 2 aliphatic heterocycles. The van der Waals surface area contributed by atoms with Crippen LogP contribution in [0.25, 0.3) is 11.0 Å². The molecule has 8 heteroatoms. The van der Waals surface area contributed by atoms with Crippen LogP contribution in [0.5, 0.6) is 5.75 Å². The molecule has 3 heterocycles. The van der Waals surface area contributed by atoms with Crippen molar-refractivity contribution in [3.05, 3.63) is 58.5 Å². The highest BCUT2D eigenvalue weighted by atomic mass is 19.1. The largest absolute Gasteiger partial charge is 0.507 e. The van der Waals surface area contributed by atoms with Gasteiger partial charge in [0.25, 0.3) is 11.8 Å². The van der Waals surface area contributed by atoms with Crippen molar-refractivity contribution >= 4 is 22.8 Å². The van der Waals surface area contributed by atoms with Crippen LogP contribution in [0, 0.1) is 5.82 Å².